The van der Waals surface area contributed by atoms with Gasteiger partial charge in [-0.15, -0.1) is 0 Å². The van der Waals surface area contributed by atoms with E-state index >= 15 is 0 Å². The SMILES string of the molecule is Cc1nc2ccccc2n1CCNC(=O)[C@H](C)N. The second kappa shape index (κ2) is 5.18. The van der Waals surface area contributed by atoms with Gasteiger partial charge in [0.25, 0.3) is 0 Å². The molecule has 0 unspecified atom stereocenters. The molecule has 5 heteroatoms. The van der Waals surface area contributed by atoms with Gasteiger partial charge >= 0.3 is 0 Å². The van der Waals surface area contributed by atoms with Crippen LogP contribution in [0.1, 0.15) is 12.7 Å². The Labute approximate surface area is 106 Å². The first-order chi connectivity index (χ1) is 8.59. The lowest BCUT2D eigenvalue weighted by molar-refractivity contribution is -0.122. The van der Waals surface area contributed by atoms with Gasteiger partial charge in [0, 0.05) is 13.1 Å². The van der Waals surface area contributed by atoms with Gasteiger partial charge < -0.3 is 15.6 Å². The highest BCUT2D eigenvalue weighted by Crippen LogP contribution is 2.14. The first kappa shape index (κ1) is 12.6. The lowest BCUT2D eigenvalue weighted by Crippen LogP contribution is -2.39. The summed E-state index contributed by atoms with van der Waals surface area (Å²) in [5.74, 6) is 0.823. The van der Waals surface area contributed by atoms with E-state index in [1.54, 1.807) is 6.92 Å². The maximum absolute atomic E-state index is 11.4. The number of aryl methyl sites for hydroxylation is 1. The molecular weight excluding hydrogens is 228 g/mol. The molecule has 5 nitrogen and oxygen atoms in total. The molecule has 1 heterocycles. The topological polar surface area (TPSA) is 72.9 Å². The van der Waals surface area contributed by atoms with Crippen LogP contribution in [-0.2, 0) is 11.3 Å². The molecule has 0 saturated carbocycles. The quantitative estimate of drug-likeness (QED) is 0.838. The molecule has 3 N–H and O–H groups in total. The van der Waals surface area contributed by atoms with Gasteiger partial charge in [0.1, 0.15) is 5.82 Å². The van der Waals surface area contributed by atoms with Gasteiger partial charge in [-0.05, 0) is 26.0 Å². The molecule has 18 heavy (non-hydrogen) atoms. The molecule has 0 aliphatic carbocycles. The van der Waals surface area contributed by atoms with Gasteiger partial charge in [0.2, 0.25) is 5.91 Å². The highest BCUT2D eigenvalue weighted by atomic mass is 16.2. The normalized spacial score (nSPS) is 12.6. The smallest absolute Gasteiger partial charge is 0.236 e. The summed E-state index contributed by atoms with van der Waals surface area (Å²) in [6, 6.07) is 7.50. The van der Waals surface area contributed by atoms with Crippen LogP contribution in [-0.4, -0.2) is 28.0 Å². The number of para-hydroxylation sites is 2. The minimum atomic E-state index is -0.467. The van der Waals surface area contributed by atoms with E-state index in [0.717, 1.165) is 16.9 Å². The molecule has 0 bridgehead atoms. The molecule has 1 amide bonds. The Morgan fingerprint density at radius 1 is 1.50 bits per heavy atom. The van der Waals surface area contributed by atoms with Crippen LogP contribution < -0.4 is 11.1 Å². The third-order valence-electron chi connectivity index (χ3n) is 2.89. The molecule has 1 atom stereocenters. The number of nitrogens with one attached hydrogen (secondary N) is 1. The molecule has 1 aromatic carbocycles. The van der Waals surface area contributed by atoms with E-state index < -0.39 is 6.04 Å². The first-order valence-electron chi connectivity index (χ1n) is 6.05. The highest BCUT2D eigenvalue weighted by Gasteiger charge is 2.08. The maximum atomic E-state index is 11.4. The van der Waals surface area contributed by atoms with E-state index in [9.17, 15) is 4.79 Å². The van der Waals surface area contributed by atoms with Crippen molar-refractivity contribution in [3.8, 4) is 0 Å². The largest absolute Gasteiger partial charge is 0.353 e. The fourth-order valence-corrected chi connectivity index (χ4v) is 1.93. The van der Waals surface area contributed by atoms with Crippen molar-refractivity contribution in [3.05, 3.63) is 30.1 Å². The van der Waals surface area contributed by atoms with Gasteiger partial charge in [0.15, 0.2) is 0 Å². The number of benzene rings is 1. The second-order valence-corrected chi connectivity index (χ2v) is 4.38. The molecule has 1 aromatic heterocycles. The molecule has 0 fully saturated rings. The van der Waals surface area contributed by atoms with Crippen LogP contribution in [0.4, 0.5) is 0 Å². The molecule has 0 aliphatic rings. The van der Waals surface area contributed by atoms with Crippen molar-refractivity contribution in [2.45, 2.75) is 26.4 Å². The monoisotopic (exact) mass is 246 g/mol. The highest BCUT2D eigenvalue weighted by molar-refractivity contribution is 5.81. The number of hydrogen-bond acceptors (Lipinski definition) is 3. The fourth-order valence-electron chi connectivity index (χ4n) is 1.93. The van der Waals surface area contributed by atoms with Crippen molar-refractivity contribution < 1.29 is 4.79 Å². The minimum absolute atomic E-state index is 0.128. The number of rotatable bonds is 4. The van der Waals surface area contributed by atoms with Gasteiger partial charge in [-0.3, -0.25) is 4.79 Å². The molecule has 2 rings (SSSR count). The van der Waals surface area contributed by atoms with Gasteiger partial charge in [0.05, 0.1) is 17.1 Å². The van der Waals surface area contributed by atoms with Crippen LogP contribution in [0, 0.1) is 6.92 Å². The summed E-state index contributed by atoms with van der Waals surface area (Å²) in [5.41, 5.74) is 7.55. The van der Waals surface area contributed by atoms with Gasteiger partial charge in [-0.1, -0.05) is 12.1 Å². The van der Waals surface area contributed by atoms with Crippen molar-refractivity contribution in [1.82, 2.24) is 14.9 Å². The van der Waals surface area contributed by atoms with E-state index in [0.29, 0.717) is 13.1 Å². The Morgan fingerprint density at radius 2 is 2.22 bits per heavy atom. The first-order valence-corrected chi connectivity index (χ1v) is 6.05. The van der Waals surface area contributed by atoms with Crippen LogP contribution >= 0.6 is 0 Å². The van der Waals surface area contributed by atoms with Crippen LogP contribution in [0.15, 0.2) is 24.3 Å². The average Bonchev–Trinajstić information content (AvgIpc) is 2.65. The Kier molecular flexibility index (Phi) is 3.62. The van der Waals surface area contributed by atoms with Crippen LogP contribution in [0.2, 0.25) is 0 Å². The number of fused-ring (bicyclic) bond motifs is 1. The van der Waals surface area contributed by atoms with Gasteiger partial charge in [-0.25, -0.2) is 4.98 Å². The number of aromatic nitrogens is 2. The third-order valence-corrected chi connectivity index (χ3v) is 2.89. The zero-order valence-electron chi connectivity index (χ0n) is 10.7. The number of amides is 1. The standard InChI is InChI=1S/C13H18N4O/c1-9(14)13(18)15-7-8-17-10(2)16-11-5-3-4-6-12(11)17/h3-6,9H,7-8,14H2,1-2H3,(H,15,18)/t9-/m0/s1. The number of nitrogens with two attached hydrogens (primary N) is 1. The lowest BCUT2D eigenvalue weighted by atomic mass is 10.3. The van der Waals surface area contributed by atoms with Crippen molar-refractivity contribution in [2.24, 2.45) is 5.73 Å². The number of nitrogens with zero attached hydrogens (tertiary/aromatic N) is 2. The van der Waals surface area contributed by atoms with E-state index in [-0.39, 0.29) is 5.91 Å². The number of carbonyl (C=O) groups is 1. The van der Waals surface area contributed by atoms with Crippen molar-refractivity contribution >= 4 is 16.9 Å². The van der Waals surface area contributed by atoms with E-state index in [2.05, 4.69) is 14.9 Å². The van der Waals surface area contributed by atoms with Crippen molar-refractivity contribution in [3.63, 3.8) is 0 Å². The zero-order valence-corrected chi connectivity index (χ0v) is 10.7. The third kappa shape index (κ3) is 2.51. The molecule has 96 valence electrons. The molecule has 0 radical (unpaired) electrons. The second-order valence-electron chi connectivity index (χ2n) is 4.38. The van der Waals surface area contributed by atoms with E-state index in [4.69, 9.17) is 5.73 Å². The lowest BCUT2D eigenvalue weighted by Gasteiger charge is -2.10. The Bertz CT molecular complexity index is 559. The van der Waals surface area contributed by atoms with Crippen molar-refractivity contribution in [1.29, 1.82) is 0 Å². The molecule has 2 aromatic rings. The summed E-state index contributed by atoms with van der Waals surface area (Å²) in [7, 11) is 0. The fraction of sp³-hybridized carbons (Fsp3) is 0.385. The Balaban J connectivity index is 2.08. The summed E-state index contributed by atoms with van der Waals surface area (Å²) in [6.07, 6.45) is 0. The number of hydrogen-bond donors (Lipinski definition) is 2. The summed E-state index contributed by atoms with van der Waals surface area (Å²) < 4.78 is 2.09. The summed E-state index contributed by atoms with van der Waals surface area (Å²) in [5, 5.41) is 2.80. The van der Waals surface area contributed by atoms with E-state index in [1.807, 2.05) is 31.2 Å². The maximum Gasteiger partial charge on any atom is 0.236 e. The van der Waals surface area contributed by atoms with Crippen LogP contribution in [0.25, 0.3) is 11.0 Å². The average molecular weight is 246 g/mol. The summed E-state index contributed by atoms with van der Waals surface area (Å²) in [4.78, 5) is 15.8. The minimum Gasteiger partial charge on any atom is -0.353 e. The predicted octanol–water partition coefficient (Wildman–Crippen LogP) is 0.808. The Morgan fingerprint density at radius 3 is 2.94 bits per heavy atom. The summed E-state index contributed by atoms with van der Waals surface area (Å²) in [6.45, 7) is 4.90. The van der Waals surface area contributed by atoms with Crippen LogP contribution in [0.5, 0.6) is 0 Å². The zero-order chi connectivity index (χ0) is 13.1. The van der Waals surface area contributed by atoms with Gasteiger partial charge in [-0.2, -0.15) is 0 Å². The van der Waals surface area contributed by atoms with Crippen molar-refractivity contribution in [2.75, 3.05) is 6.54 Å². The molecule has 0 aliphatic heterocycles. The number of imidazole rings is 1. The Hall–Kier alpha value is -1.88. The molecule has 0 spiro atoms. The molecule has 0 saturated heterocycles. The predicted molar refractivity (Wildman–Crippen MR) is 71.1 cm³/mol. The molecular formula is C13H18N4O. The van der Waals surface area contributed by atoms with Crippen LogP contribution in [0.3, 0.4) is 0 Å². The number of carbonyl (C=O) groups excluding carboxylic acids is 1. The summed E-state index contributed by atoms with van der Waals surface area (Å²) >= 11 is 0. The van der Waals surface area contributed by atoms with E-state index in [1.165, 1.54) is 0 Å².